The van der Waals surface area contributed by atoms with Gasteiger partial charge in [0, 0.05) is 11.5 Å². The van der Waals surface area contributed by atoms with Crippen LogP contribution in [0.4, 0.5) is 4.39 Å². The molecule has 1 amide bonds. The normalized spacial score (nSPS) is 12.0. The highest BCUT2D eigenvalue weighted by Gasteiger charge is 2.20. The summed E-state index contributed by atoms with van der Waals surface area (Å²) in [4.78, 5) is 14.2. The Morgan fingerprint density at radius 2 is 1.81 bits per heavy atom. The Morgan fingerprint density at radius 1 is 1.19 bits per heavy atom. The number of amides is 1. The molecule has 0 bridgehead atoms. The lowest BCUT2D eigenvalue weighted by Gasteiger charge is -2.26. The second-order valence-electron chi connectivity index (χ2n) is 5.13. The lowest BCUT2D eigenvalue weighted by Crippen LogP contribution is -2.29. The highest BCUT2D eigenvalue weighted by molar-refractivity contribution is 9.10. The van der Waals surface area contributed by atoms with E-state index in [0.29, 0.717) is 5.56 Å². The third-order valence-corrected chi connectivity index (χ3v) is 4.26. The van der Waals surface area contributed by atoms with Gasteiger partial charge in [-0.25, -0.2) is 4.39 Å². The predicted molar refractivity (Wildman–Crippen MR) is 85.8 cm³/mol. The summed E-state index contributed by atoms with van der Waals surface area (Å²) in [5.74, 6) is -0.347. The molecule has 0 spiro atoms. The van der Waals surface area contributed by atoms with Crippen LogP contribution in [-0.2, 0) is 0 Å². The number of aryl methyl sites for hydroxylation is 1. The number of carbonyl (C=O) groups is 1. The van der Waals surface area contributed by atoms with Gasteiger partial charge in [-0.3, -0.25) is 4.79 Å². The van der Waals surface area contributed by atoms with Crippen molar-refractivity contribution in [3.05, 3.63) is 69.4 Å². The maximum absolute atomic E-state index is 13.0. The van der Waals surface area contributed by atoms with E-state index in [2.05, 4.69) is 15.9 Å². The molecular formula is C17H17BrFNO. The predicted octanol–water partition coefficient (Wildman–Crippen LogP) is 4.73. The molecule has 2 aromatic carbocycles. The summed E-state index contributed by atoms with van der Waals surface area (Å²) in [6.07, 6.45) is 0. The number of benzene rings is 2. The molecule has 110 valence electrons. The third-order valence-electron chi connectivity index (χ3n) is 3.61. The van der Waals surface area contributed by atoms with E-state index < -0.39 is 0 Å². The van der Waals surface area contributed by atoms with Gasteiger partial charge in [-0.1, -0.05) is 18.2 Å². The number of rotatable bonds is 3. The van der Waals surface area contributed by atoms with Gasteiger partial charge in [-0.05, 0) is 65.2 Å². The molecule has 0 aliphatic heterocycles. The Balaban J connectivity index is 2.24. The molecule has 0 aromatic heterocycles. The van der Waals surface area contributed by atoms with Crippen LogP contribution < -0.4 is 0 Å². The molecule has 0 aliphatic rings. The summed E-state index contributed by atoms with van der Waals surface area (Å²) < 4.78 is 13.8. The standard InChI is InChI=1S/C17H17BrFNO/c1-11-4-9-15(16(18)10-11)17(21)20(3)12(2)13-5-7-14(19)8-6-13/h4-10,12H,1-3H3. The van der Waals surface area contributed by atoms with Crippen molar-refractivity contribution in [3.8, 4) is 0 Å². The summed E-state index contributed by atoms with van der Waals surface area (Å²) >= 11 is 3.43. The monoisotopic (exact) mass is 349 g/mol. The lowest BCUT2D eigenvalue weighted by molar-refractivity contribution is 0.0741. The lowest BCUT2D eigenvalue weighted by atomic mass is 10.1. The largest absolute Gasteiger partial charge is 0.335 e. The van der Waals surface area contributed by atoms with Crippen molar-refractivity contribution in [2.24, 2.45) is 0 Å². The van der Waals surface area contributed by atoms with E-state index >= 15 is 0 Å². The van der Waals surface area contributed by atoms with Gasteiger partial charge in [0.15, 0.2) is 0 Å². The molecule has 0 radical (unpaired) electrons. The molecule has 0 aliphatic carbocycles. The quantitative estimate of drug-likeness (QED) is 0.784. The number of halogens is 2. The van der Waals surface area contributed by atoms with Gasteiger partial charge in [0.1, 0.15) is 5.82 Å². The van der Waals surface area contributed by atoms with Gasteiger partial charge in [0.25, 0.3) is 5.91 Å². The molecule has 0 fully saturated rings. The van der Waals surface area contributed by atoms with E-state index in [9.17, 15) is 9.18 Å². The molecule has 1 atom stereocenters. The molecular weight excluding hydrogens is 333 g/mol. The van der Waals surface area contributed by atoms with Crippen molar-refractivity contribution in [1.29, 1.82) is 0 Å². The maximum Gasteiger partial charge on any atom is 0.255 e. The summed E-state index contributed by atoms with van der Waals surface area (Å²) in [5, 5.41) is 0. The van der Waals surface area contributed by atoms with Crippen LogP contribution >= 0.6 is 15.9 Å². The molecule has 2 aromatic rings. The minimum Gasteiger partial charge on any atom is -0.335 e. The molecule has 2 nitrogen and oxygen atoms in total. The van der Waals surface area contributed by atoms with E-state index in [0.717, 1.165) is 15.6 Å². The number of carbonyl (C=O) groups excluding carboxylic acids is 1. The molecule has 21 heavy (non-hydrogen) atoms. The second kappa shape index (κ2) is 6.39. The average Bonchev–Trinajstić information content (AvgIpc) is 2.46. The van der Waals surface area contributed by atoms with Crippen LogP contribution in [0, 0.1) is 12.7 Å². The Hall–Kier alpha value is -1.68. The van der Waals surface area contributed by atoms with E-state index in [1.165, 1.54) is 12.1 Å². The molecule has 0 saturated heterocycles. The van der Waals surface area contributed by atoms with Crippen LogP contribution in [0.2, 0.25) is 0 Å². The van der Waals surface area contributed by atoms with Crippen LogP contribution in [0.3, 0.4) is 0 Å². The Morgan fingerprint density at radius 3 is 2.38 bits per heavy atom. The first-order chi connectivity index (χ1) is 9.90. The van der Waals surface area contributed by atoms with Crippen molar-refractivity contribution in [2.45, 2.75) is 19.9 Å². The van der Waals surface area contributed by atoms with Crippen molar-refractivity contribution in [3.63, 3.8) is 0 Å². The first-order valence-corrected chi connectivity index (χ1v) is 7.48. The second-order valence-corrected chi connectivity index (χ2v) is 5.98. The fraction of sp³-hybridized carbons (Fsp3) is 0.235. The van der Waals surface area contributed by atoms with Gasteiger partial charge >= 0.3 is 0 Å². The summed E-state index contributed by atoms with van der Waals surface area (Å²) in [7, 11) is 1.75. The SMILES string of the molecule is Cc1ccc(C(=O)N(C)C(C)c2ccc(F)cc2)c(Br)c1. The molecule has 0 heterocycles. The summed E-state index contributed by atoms with van der Waals surface area (Å²) in [6, 6.07) is 11.7. The third kappa shape index (κ3) is 3.50. The first kappa shape index (κ1) is 15.7. The van der Waals surface area contributed by atoms with Crippen LogP contribution in [0.25, 0.3) is 0 Å². The number of hydrogen-bond acceptors (Lipinski definition) is 1. The van der Waals surface area contributed by atoms with Gasteiger partial charge in [0.05, 0.1) is 11.6 Å². The van der Waals surface area contributed by atoms with Crippen molar-refractivity contribution < 1.29 is 9.18 Å². The van der Waals surface area contributed by atoms with E-state index in [1.807, 2.05) is 32.0 Å². The highest BCUT2D eigenvalue weighted by atomic mass is 79.9. The van der Waals surface area contributed by atoms with E-state index in [-0.39, 0.29) is 17.8 Å². The van der Waals surface area contributed by atoms with Crippen LogP contribution in [0.15, 0.2) is 46.9 Å². The number of hydrogen-bond donors (Lipinski definition) is 0. The zero-order chi connectivity index (χ0) is 15.6. The molecule has 0 N–H and O–H groups in total. The zero-order valence-corrected chi connectivity index (χ0v) is 13.8. The Labute approximate surface area is 132 Å². The van der Waals surface area contributed by atoms with Crippen molar-refractivity contribution in [2.75, 3.05) is 7.05 Å². The fourth-order valence-corrected chi connectivity index (χ4v) is 2.79. The molecule has 0 saturated carbocycles. The summed E-state index contributed by atoms with van der Waals surface area (Å²) in [5.41, 5.74) is 2.61. The molecule has 4 heteroatoms. The Bertz CT molecular complexity index is 654. The van der Waals surface area contributed by atoms with Crippen LogP contribution in [0.5, 0.6) is 0 Å². The fourth-order valence-electron chi connectivity index (χ4n) is 2.12. The van der Waals surface area contributed by atoms with Gasteiger partial charge in [-0.15, -0.1) is 0 Å². The van der Waals surface area contributed by atoms with Gasteiger partial charge < -0.3 is 4.90 Å². The average molecular weight is 350 g/mol. The molecule has 2 rings (SSSR count). The maximum atomic E-state index is 13.0. The molecule has 1 unspecified atom stereocenters. The Kier molecular flexibility index (Phi) is 4.78. The van der Waals surface area contributed by atoms with Crippen molar-refractivity contribution >= 4 is 21.8 Å². The number of nitrogens with zero attached hydrogens (tertiary/aromatic N) is 1. The van der Waals surface area contributed by atoms with Crippen molar-refractivity contribution in [1.82, 2.24) is 4.90 Å². The van der Waals surface area contributed by atoms with Crippen LogP contribution in [0.1, 0.15) is 34.5 Å². The van der Waals surface area contributed by atoms with Gasteiger partial charge in [0.2, 0.25) is 0 Å². The van der Waals surface area contributed by atoms with E-state index in [1.54, 1.807) is 24.1 Å². The topological polar surface area (TPSA) is 20.3 Å². The zero-order valence-electron chi connectivity index (χ0n) is 12.2. The van der Waals surface area contributed by atoms with E-state index in [4.69, 9.17) is 0 Å². The smallest absolute Gasteiger partial charge is 0.255 e. The first-order valence-electron chi connectivity index (χ1n) is 6.69. The minimum atomic E-state index is -0.277. The minimum absolute atomic E-state index is 0.0706. The summed E-state index contributed by atoms with van der Waals surface area (Å²) in [6.45, 7) is 3.90. The highest BCUT2D eigenvalue weighted by Crippen LogP contribution is 2.25. The van der Waals surface area contributed by atoms with Gasteiger partial charge in [-0.2, -0.15) is 0 Å². The van der Waals surface area contributed by atoms with Crippen LogP contribution in [-0.4, -0.2) is 17.9 Å².